The van der Waals surface area contributed by atoms with Gasteiger partial charge in [-0.15, -0.1) is 0 Å². The lowest BCUT2D eigenvalue weighted by Gasteiger charge is -2.24. The van der Waals surface area contributed by atoms with Crippen molar-refractivity contribution in [1.29, 1.82) is 0 Å². The van der Waals surface area contributed by atoms with Crippen molar-refractivity contribution in [3.8, 4) is 0 Å². The zero-order chi connectivity index (χ0) is 12.8. The number of benzene rings is 1. The number of allylic oxidation sites excluding steroid dienone is 1. The van der Waals surface area contributed by atoms with Crippen LogP contribution in [0.5, 0.6) is 0 Å². The topological polar surface area (TPSA) is 21.3 Å². The summed E-state index contributed by atoms with van der Waals surface area (Å²) in [5.74, 6) is 1.13. The van der Waals surface area contributed by atoms with E-state index < -0.39 is 0 Å². The molecule has 1 heterocycles. The van der Waals surface area contributed by atoms with Crippen LogP contribution in [-0.4, -0.2) is 19.2 Å². The Morgan fingerprint density at radius 1 is 1.28 bits per heavy atom. The third-order valence-corrected chi connectivity index (χ3v) is 3.32. The Bertz CT molecular complexity index is 394. The van der Waals surface area contributed by atoms with Gasteiger partial charge in [0, 0.05) is 0 Å². The van der Waals surface area contributed by atoms with Crippen molar-refractivity contribution in [2.75, 3.05) is 13.2 Å². The summed E-state index contributed by atoms with van der Waals surface area (Å²) in [6.07, 6.45) is 5.53. The highest BCUT2D eigenvalue weighted by atomic mass is 16.5. The molecule has 1 aliphatic heterocycles. The quantitative estimate of drug-likeness (QED) is 0.860. The average Bonchev–Trinajstić information content (AvgIpc) is 2.42. The standard InChI is InChI=1S/C16H23NO/c1-3-17-15(16-6-4-5-11-18-16)12-14-9-7-13(2)8-10-14/h6-10,15,17H,3-5,11-12H2,1-2H3. The summed E-state index contributed by atoms with van der Waals surface area (Å²) in [6, 6.07) is 9.09. The third kappa shape index (κ3) is 3.61. The molecule has 0 fully saturated rings. The Hall–Kier alpha value is -1.28. The molecule has 0 bridgehead atoms. The number of hydrogen-bond donors (Lipinski definition) is 1. The maximum absolute atomic E-state index is 5.79. The molecule has 2 rings (SSSR count). The van der Waals surface area contributed by atoms with Gasteiger partial charge in [-0.25, -0.2) is 0 Å². The van der Waals surface area contributed by atoms with Crippen molar-refractivity contribution < 1.29 is 4.74 Å². The molecule has 0 spiro atoms. The summed E-state index contributed by atoms with van der Waals surface area (Å²) in [5, 5.41) is 3.52. The summed E-state index contributed by atoms with van der Waals surface area (Å²) >= 11 is 0. The highest BCUT2D eigenvalue weighted by Crippen LogP contribution is 2.17. The van der Waals surface area contributed by atoms with Crippen LogP contribution in [0.3, 0.4) is 0 Å². The van der Waals surface area contributed by atoms with Crippen LogP contribution < -0.4 is 5.32 Å². The Labute approximate surface area is 110 Å². The van der Waals surface area contributed by atoms with Gasteiger partial charge in [0.25, 0.3) is 0 Å². The predicted molar refractivity (Wildman–Crippen MR) is 75.6 cm³/mol. The van der Waals surface area contributed by atoms with Crippen LogP contribution in [0.4, 0.5) is 0 Å². The minimum atomic E-state index is 0.318. The number of likely N-dealkylation sites (N-methyl/N-ethyl adjacent to an activating group) is 1. The second-order valence-electron chi connectivity index (χ2n) is 4.90. The first-order valence-corrected chi connectivity index (χ1v) is 6.91. The number of ether oxygens (including phenoxy) is 1. The highest BCUT2D eigenvalue weighted by molar-refractivity contribution is 5.24. The van der Waals surface area contributed by atoms with E-state index in [2.05, 4.69) is 49.5 Å². The second-order valence-corrected chi connectivity index (χ2v) is 4.90. The summed E-state index contributed by atoms with van der Waals surface area (Å²) in [7, 11) is 0. The SMILES string of the molecule is CCNC(Cc1ccc(C)cc1)C1=CCCCO1. The molecular weight excluding hydrogens is 222 g/mol. The molecule has 0 amide bonds. The lowest BCUT2D eigenvalue weighted by molar-refractivity contribution is 0.167. The summed E-state index contributed by atoms with van der Waals surface area (Å²) in [5.41, 5.74) is 2.67. The van der Waals surface area contributed by atoms with Gasteiger partial charge >= 0.3 is 0 Å². The molecule has 1 atom stereocenters. The van der Waals surface area contributed by atoms with Gasteiger partial charge in [0.2, 0.25) is 0 Å². The first kappa shape index (κ1) is 13.2. The number of hydrogen-bond acceptors (Lipinski definition) is 2. The predicted octanol–water partition coefficient (Wildman–Crippen LogP) is 3.21. The zero-order valence-corrected chi connectivity index (χ0v) is 11.4. The van der Waals surface area contributed by atoms with Crippen LogP contribution in [-0.2, 0) is 11.2 Å². The van der Waals surface area contributed by atoms with E-state index in [0.717, 1.165) is 38.2 Å². The largest absolute Gasteiger partial charge is 0.497 e. The van der Waals surface area contributed by atoms with Gasteiger partial charge in [0.15, 0.2) is 0 Å². The van der Waals surface area contributed by atoms with E-state index in [4.69, 9.17) is 4.74 Å². The first-order chi connectivity index (χ1) is 8.79. The van der Waals surface area contributed by atoms with Crippen LogP contribution in [0.1, 0.15) is 30.9 Å². The highest BCUT2D eigenvalue weighted by Gasteiger charge is 2.17. The molecule has 1 unspecified atom stereocenters. The first-order valence-electron chi connectivity index (χ1n) is 6.91. The van der Waals surface area contributed by atoms with Crippen molar-refractivity contribution in [3.05, 3.63) is 47.2 Å². The Morgan fingerprint density at radius 2 is 2.06 bits per heavy atom. The zero-order valence-electron chi connectivity index (χ0n) is 11.4. The lowest BCUT2D eigenvalue weighted by atomic mass is 10.0. The van der Waals surface area contributed by atoms with E-state index in [0.29, 0.717) is 6.04 Å². The van der Waals surface area contributed by atoms with E-state index in [-0.39, 0.29) is 0 Å². The van der Waals surface area contributed by atoms with Crippen LogP contribution in [0.25, 0.3) is 0 Å². The molecule has 18 heavy (non-hydrogen) atoms. The molecule has 0 aliphatic carbocycles. The summed E-state index contributed by atoms with van der Waals surface area (Å²) in [6.45, 7) is 6.10. The lowest BCUT2D eigenvalue weighted by Crippen LogP contribution is -2.34. The second kappa shape index (κ2) is 6.60. The smallest absolute Gasteiger partial charge is 0.109 e. The van der Waals surface area contributed by atoms with Gasteiger partial charge in [-0.1, -0.05) is 36.8 Å². The van der Waals surface area contributed by atoms with E-state index in [9.17, 15) is 0 Å². The van der Waals surface area contributed by atoms with Gasteiger partial charge in [0.1, 0.15) is 5.76 Å². The fourth-order valence-corrected chi connectivity index (χ4v) is 2.30. The van der Waals surface area contributed by atoms with E-state index in [1.165, 1.54) is 11.1 Å². The normalized spacial score (nSPS) is 16.9. The number of rotatable bonds is 5. The molecule has 98 valence electrons. The summed E-state index contributed by atoms with van der Waals surface area (Å²) < 4.78 is 5.79. The summed E-state index contributed by atoms with van der Waals surface area (Å²) in [4.78, 5) is 0. The van der Waals surface area contributed by atoms with Gasteiger partial charge in [-0.3, -0.25) is 0 Å². The van der Waals surface area contributed by atoms with Crippen LogP contribution in [0, 0.1) is 6.92 Å². The molecule has 2 nitrogen and oxygen atoms in total. The Balaban J connectivity index is 2.05. The Kier molecular flexibility index (Phi) is 4.82. The van der Waals surface area contributed by atoms with Gasteiger partial charge in [-0.05, 0) is 44.4 Å². The number of aryl methyl sites for hydroxylation is 1. The van der Waals surface area contributed by atoms with Crippen molar-refractivity contribution in [2.45, 2.75) is 39.2 Å². The van der Waals surface area contributed by atoms with Gasteiger partial charge in [0.05, 0.1) is 12.6 Å². The molecule has 0 radical (unpaired) electrons. The van der Waals surface area contributed by atoms with E-state index in [1.807, 2.05) is 0 Å². The molecule has 2 heteroatoms. The van der Waals surface area contributed by atoms with Crippen molar-refractivity contribution in [3.63, 3.8) is 0 Å². The molecule has 1 aromatic rings. The molecule has 1 aromatic carbocycles. The number of nitrogens with one attached hydrogen (secondary N) is 1. The molecule has 1 aliphatic rings. The fourth-order valence-electron chi connectivity index (χ4n) is 2.30. The van der Waals surface area contributed by atoms with Gasteiger partial charge in [-0.2, -0.15) is 0 Å². The Morgan fingerprint density at radius 3 is 2.67 bits per heavy atom. The maximum Gasteiger partial charge on any atom is 0.109 e. The molecule has 1 N–H and O–H groups in total. The maximum atomic E-state index is 5.79. The van der Waals surface area contributed by atoms with Crippen molar-refractivity contribution in [2.24, 2.45) is 0 Å². The molecule has 0 saturated carbocycles. The third-order valence-electron chi connectivity index (χ3n) is 3.32. The molecule has 0 saturated heterocycles. The van der Waals surface area contributed by atoms with Crippen molar-refractivity contribution in [1.82, 2.24) is 5.32 Å². The minimum absolute atomic E-state index is 0.318. The van der Waals surface area contributed by atoms with E-state index >= 15 is 0 Å². The fraction of sp³-hybridized carbons (Fsp3) is 0.500. The minimum Gasteiger partial charge on any atom is -0.497 e. The van der Waals surface area contributed by atoms with Crippen molar-refractivity contribution >= 4 is 0 Å². The average molecular weight is 245 g/mol. The van der Waals surface area contributed by atoms with Crippen LogP contribution in [0.2, 0.25) is 0 Å². The van der Waals surface area contributed by atoms with E-state index in [1.54, 1.807) is 0 Å². The van der Waals surface area contributed by atoms with Crippen LogP contribution in [0.15, 0.2) is 36.1 Å². The molecular formula is C16H23NO. The van der Waals surface area contributed by atoms with Gasteiger partial charge < -0.3 is 10.1 Å². The monoisotopic (exact) mass is 245 g/mol. The van der Waals surface area contributed by atoms with Crippen LogP contribution >= 0.6 is 0 Å². The molecule has 0 aromatic heterocycles.